The summed E-state index contributed by atoms with van der Waals surface area (Å²) in [6, 6.07) is 7.80. The summed E-state index contributed by atoms with van der Waals surface area (Å²) in [7, 11) is 1.34. The van der Waals surface area contributed by atoms with Crippen molar-refractivity contribution >= 4 is 40.5 Å². The molecule has 1 atom stereocenters. The lowest BCUT2D eigenvalue weighted by Crippen LogP contribution is -2.45. The van der Waals surface area contributed by atoms with Gasteiger partial charge in [0.1, 0.15) is 11.4 Å². The van der Waals surface area contributed by atoms with Crippen LogP contribution in [0.3, 0.4) is 0 Å². The van der Waals surface area contributed by atoms with Gasteiger partial charge < -0.3 is 5.32 Å². The highest BCUT2D eigenvalue weighted by molar-refractivity contribution is 7.81. The van der Waals surface area contributed by atoms with E-state index in [1.807, 2.05) is 0 Å². The Bertz CT molecular complexity index is 1240. The van der Waals surface area contributed by atoms with Crippen LogP contribution in [0.25, 0.3) is 0 Å². The largest absolute Gasteiger partial charge is 0.417 e. The predicted molar refractivity (Wildman–Crippen MR) is 117 cm³/mol. The molecule has 0 saturated carbocycles. The number of anilines is 2. The highest BCUT2D eigenvalue weighted by atomic mass is 32.1. The second-order valence-corrected chi connectivity index (χ2v) is 7.56. The lowest BCUT2D eigenvalue weighted by atomic mass is 9.99. The fourth-order valence-corrected chi connectivity index (χ4v) is 3.94. The number of carbonyl (C=O) groups is 2. The third-order valence-corrected chi connectivity index (χ3v) is 5.62. The van der Waals surface area contributed by atoms with Gasteiger partial charge in [-0.1, -0.05) is 6.08 Å². The monoisotopic (exact) mass is 476 g/mol. The van der Waals surface area contributed by atoms with Crippen molar-refractivity contribution in [1.82, 2.24) is 5.32 Å². The number of hydrogen-bond donors (Lipinski definition) is 1. The average Bonchev–Trinajstić information content (AvgIpc) is 2.97. The number of halogens is 4. The summed E-state index contributed by atoms with van der Waals surface area (Å²) < 4.78 is 54.9. The normalized spacial score (nSPS) is 18.3. The summed E-state index contributed by atoms with van der Waals surface area (Å²) >= 11 is 5.40. The molecule has 11 heteroatoms. The topological polar surface area (TPSA) is 76.4 Å². The van der Waals surface area contributed by atoms with Gasteiger partial charge in [0, 0.05) is 12.7 Å². The zero-order valence-corrected chi connectivity index (χ0v) is 18.1. The molecule has 0 bridgehead atoms. The van der Waals surface area contributed by atoms with E-state index in [4.69, 9.17) is 17.5 Å². The Labute approximate surface area is 191 Å². The van der Waals surface area contributed by atoms with Crippen LogP contribution in [0.15, 0.2) is 49.1 Å². The van der Waals surface area contributed by atoms with E-state index in [9.17, 15) is 27.2 Å². The molecule has 170 valence electrons. The molecule has 33 heavy (non-hydrogen) atoms. The first-order valence-corrected chi connectivity index (χ1v) is 9.76. The molecule has 0 spiro atoms. The summed E-state index contributed by atoms with van der Waals surface area (Å²) in [5.41, 5.74) is -3.76. The van der Waals surface area contributed by atoms with Gasteiger partial charge in [0.05, 0.1) is 28.4 Å². The first-order chi connectivity index (χ1) is 15.4. The molecule has 1 unspecified atom stereocenters. The average molecular weight is 476 g/mol. The van der Waals surface area contributed by atoms with Crippen LogP contribution in [0.5, 0.6) is 0 Å². The summed E-state index contributed by atoms with van der Waals surface area (Å²) in [4.78, 5) is 27.2. The third-order valence-electron chi connectivity index (χ3n) is 5.25. The minimum atomic E-state index is -4.84. The lowest BCUT2D eigenvalue weighted by molar-refractivity contribution is -0.137. The molecular weight excluding hydrogens is 460 g/mol. The maximum atomic E-state index is 14.6. The number of carbonyl (C=O) groups excluding carboxylic acids is 2. The SMILES string of the molecule is C=CC1(C)C(=O)N(c2ccc(C#N)c(C(F)(F)F)c2)C(=S)N1c1ccc(C(=O)NC)c(F)c1. The molecule has 0 aliphatic carbocycles. The van der Waals surface area contributed by atoms with Gasteiger partial charge in [-0.2, -0.15) is 18.4 Å². The van der Waals surface area contributed by atoms with E-state index in [2.05, 4.69) is 11.9 Å². The van der Waals surface area contributed by atoms with Gasteiger partial charge in [-0.25, -0.2) is 4.39 Å². The zero-order chi connectivity index (χ0) is 24.7. The molecule has 2 aromatic carbocycles. The summed E-state index contributed by atoms with van der Waals surface area (Å²) in [6.45, 7) is 5.06. The summed E-state index contributed by atoms with van der Waals surface area (Å²) in [5, 5.41) is 11.1. The quantitative estimate of drug-likeness (QED) is 0.408. The van der Waals surface area contributed by atoms with Crippen LogP contribution >= 0.6 is 12.2 Å². The van der Waals surface area contributed by atoms with Crippen LogP contribution in [-0.2, 0) is 11.0 Å². The molecule has 1 fully saturated rings. The molecule has 2 aromatic rings. The van der Waals surface area contributed by atoms with Crippen LogP contribution in [-0.4, -0.2) is 29.5 Å². The molecule has 2 amide bonds. The van der Waals surface area contributed by atoms with E-state index in [0.29, 0.717) is 6.07 Å². The minimum Gasteiger partial charge on any atom is -0.355 e. The molecule has 1 aliphatic rings. The Morgan fingerprint density at radius 2 is 1.88 bits per heavy atom. The lowest BCUT2D eigenvalue weighted by Gasteiger charge is -2.30. The predicted octanol–water partition coefficient (Wildman–Crippen LogP) is 4.16. The van der Waals surface area contributed by atoms with E-state index in [-0.39, 0.29) is 22.1 Å². The minimum absolute atomic E-state index is 0.0908. The Morgan fingerprint density at radius 1 is 1.24 bits per heavy atom. The number of thiocarbonyl (C=S) groups is 1. The second kappa shape index (κ2) is 8.29. The zero-order valence-electron chi connectivity index (χ0n) is 17.3. The molecular formula is C22H16F4N4O2S. The first kappa shape index (κ1) is 23.9. The van der Waals surface area contributed by atoms with Crippen LogP contribution in [0, 0.1) is 17.1 Å². The third kappa shape index (κ3) is 3.82. The molecule has 0 radical (unpaired) electrons. The Hall–Kier alpha value is -3.78. The van der Waals surface area contributed by atoms with Gasteiger partial charge in [-0.15, -0.1) is 6.58 Å². The number of nitriles is 1. The van der Waals surface area contributed by atoms with E-state index < -0.39 is 40.5 Å². The van der Waals surface area contributed by atoms with Crippen molar-refractivity contribution < 1.29 is 27.2 Å². The Kier molecular flexibility index (Phi) is 6.00. The van der Waals surface area contributed by atoms with Crippen molar-refractivity contribution in [3.8, 4) is 6.07 Å². The summed E-state index contributed by atoms with van der Waals surface area (Å²) in [6.07, 6.45) is -3.60. The van der Waals surface area contributed by atoms with Crippen molar-refractivity contribution in [2.45, 2.75) is 18.6 Å². The standard InChI is InChI=1S/C22H16F4N4O2S/c1-4-21(2)19(32)29(13-6-5-12(11-27)16(9-13)22(24,25)26)20(33)30(21)14-7-8-15(17(23)10-14)18(31)28-3/h4-10H,1H2,2-3H3,(H,28,31). The van der Waals surface area contributed by atoms with Crippen LogP contribution in [0.2, 0.25) is 0 Å². The van der Waals surface area contributed by atoms with Crippen molar-refractivity contribution in [1.29, 1.82) is 5.26 Å². The van der Waals surface area contributed by atoms with Gasteiger partial charge in [0.25, 0.3) is 11.8 Å². The first-order valence-electron chi connectivity index (χ1n) is 9.36. The van der Waals surface area contributed by atoms with E-state index in [0.717, 1.165) is 17.0 Å². The van der Waals surface area contributed by atoms with Crippen LogP contribution < -0.4 is 15.1 Å². The molecule has 1 aliphatic heterocycles. The number of amides is 2. The maximum Gasteiger partial charge on any atom is 0.417 e. The van der Waals surface area contributed by atoms with Crippen molar-refractivity contribution in [2.24, 2.45) is 0 Å². The molecule has 1 N–H and O–H groups in total. The number of benzene rings is 2. The van der Waals surface area contributed by atoms with Gasteiger partial charge in [-0.05, 0) is 55.5 Å². The number of nitrogens with one attached hydrogen (secondary N) is 1. The molecule has 3 rings (SSSR count). The number of hydrogen-bond acceptors (Lipinski definition) is 4. The molecule has 0 aromatic heterocycles. The highest BCUT2D eigenvalue weighted by Crippen LogP contribution is 2.40. The fourth-order valence-electron chi connectivity index (χ4n) is 3.46. The number of alkyl halides is 3. The molecule has 6 nitrogen and oxygen atoms in total. The molecule has 1 saturated heterocycles. The fraction of sp³-hybridized carbons (Fsp3) is 0.182. The van der Waals surface area contributed by atoms with Gasteiger partial charge in [0.15, 0.2) is 5.11 Å². The smallest absolute Gasteiger partial charge is 0.355 e. The van der Waals surface area contributed by atoms with E-state index >= 15 is 0 Å². The second-order valence-electron chi connectivity index (χ2n) is 7.19. The van der Waals surface area contributed by atoms with Crippen molar-refractivity contribution in [3.05, 3.63) is 71.6 Å². The van der Waals surface area contributed by atoms with Gasteiger partial charge in [0.2, 0.25) is 0 Å². The van der Waals surface area contributed by atoms with Crippen molar-refractivity contribution in [3.63, 3.8) is 0 Å². The number of nitrogens with zero attached hydrogens (tertiary/aromatic N) is 3. The molecule has 1 heterocycles. The van der Waals surface area contributed by atoms with Gasteiger partial charge in [-0.3, -0.25) is 19.4 Å². The number of rotatable bonds is 4. The highest BCUT2D eigenvalue weighted by Gasteiger charge is 2.52. The van der Waals surface area contributed by atoms with E-state index in [1.165, 1.54) is 49.2 Å². The van der Waals surface area contributed by atoms with Gasteiger partial charge >= 0.3 is 6.18 Å². The Balaban J connectivity index is 2.15. The van der Waals surface area contributed by atoms with E-state index in [1.54, 1.807) is 0 Å². The van der Waals surface area contributed by atoms with Crippen LogP contribution in [0.1, 0.15) is 28.4 Å². The summed E-state index contributed by atoms with van der Waals surface area (Å²) in [5.74, 6) is -2.27. The Morgan fingerprint density at radius 3 is 2.39 bits per heavy atom. The van der Waals surface area contributed by atoms with Crippen molar-refractivity contribution in [2.75, 3.05) is 16.8 Å². The maximum absolute atomic E-state index is 14.6. The van der Waals surface area contributed by atoms with Crippen LogP contribution in [0.4, 0.5) is 28.9 Å².